The van der Waals surface area contributed by atoms with Crippen molar-refractivity contribution in [2.75, 3.05) is 0 Å². The maximum Gasteiger partial charge on any atom is 0.162 e. The number of hydrogen-bond donors (Lipinski definition) is 0. The molecular weight excluding hydrogens is 244 g/mol. The maximum atomic E-state index is 12.1. The van der Waals surface area contributed by atoms with E-state index in [1.54, 1.807) is 0 Å². The highest BCUT2D eigenvalue weighted by Crippen LogP contribution is 2.13. The molecule has 1 heteroatoms. The van der Waals surface area contributed by atoms with Gasteiger partial charge >= 0.3 is 0 Å². The zero-order chi connectivity index (χ0) is 14.6. The summed E-state index contributed by atoms with van der Waals surface area (Å²) in [7, 11) is 0. The van der Waals surface area contributed by atoms with Crippen molar-refractivity contribution in [3.63, 3.8) is 0 Å². The fraction of sp³-hybridized carbons (Fsp3) is 0.632. The number of carbonyl (C=O) groups is 1. The molecule has 20 heavy (non-hydrogen) atoms. The third-order valence-corrected chi connectivity index (χ3v) is 3.80. The summed E-state index contributed by atoms with van der Waals surface area (Å²) >= 11 is 0. The molecule has 0 heterocycles. The molecule has 0 aliphatic rings. The van der Waals surface area contributed by atoms with Crippen LogP contribution in [-0.2, 0) is 6.42 Å². The van der Waals surface area contributed by atoms with Crippen molar-refractivity contribution < 1.29 is 4.79 Å². The van der Waals surface area contributed by atoms with Crippen LogP contribution in [-0.4, -0.2) is 5.78 Å². The number of hydrogen-bond acceptors (Lipinski definition) is 1. The van der Waals surface area contributed by atoms with E-state index >= 15 is 0 Å². The van der Waals surface area contributed by atoms with Gasteiger partial charge in [-0.1, -0.05) is 77.0 Å². The van der Waals surface area contributed by atoms with Crippen molar-refractivity contribution in [3.8, 4) is 0 Å². The molecule has 112 valence electrons. The van der Waals surface area contributed by atoms with Gasteiger partial charge in [-0.2, -0.15) is 0 Å². The molecule has 0 saturated carbocycles. The summed E-state index contributed by atoms with van der Waals surface area (Å²) in [6, 6.07) is 8.17. The van der Waals surface area contributed by atoms with E-state index in [9.17, 15) is 4.79 Å². The number of unbranched alkanes of at least 4 members (excludes halogenated alkanes) is 6. The molecule has 0 spiro atoms. The van der Waals surface area contributed by atoms with Crippen molar-refractivity contribution >= 4 is 5.78 Å². The van der Waals surface area contributed by atoms with Gasteiger partial charge in [-0.25, -0.2) is 0 Å². The fourth-order valence-corrected chi connectivity index (χ4v) is 2.58. The molecule has 0 saturated heterocycles. The Kier molecular flexibility index (Phi) is 9.02. The molecule has 0 aromatic heterocycles. The van der Waals surface area contributed by atoms with Crippen LogP contribution in [0.1, 0.15) is 87.6 Å². The van der Waals surface area contributed by atoms with Crippen molar-refractivity contribution in [2.45, 2.75) is 78.1 Å². The van der Waals surface area contributed by atoms with Gasteiger partial charge in [0.25, 0.3) is 0 Å². The largest absolute Gasteiger partial charge is 0.294 e. The second-order valence-corrected chi connectivity index (χ2v) is 5.74. The van der Waals surface area contributed by atoms with Gasteiger partial charge in [-0.05, 0) is 24.5 Å². The highest BCUT2D eigenvalue weighted by molar-refractivity contribution is 5.96. The molecule has 0 bridgehead atoms. The van der Waals surface area contributed by atoms with Crippen LogP contribution in [0, 0.1) is 0 Å². The zero-order valence-electron chi connectivity index (χ0n) is 13.3. The lowest BCUT2D eigenvalue weighted by molar-refractivity contribution is 0.0979. The topological polar surface area (TPSA) is 17.1 Å². The van der Waals surface area contributed by atoms with Gasteiger partial charge in [0, 0.05) is 12.0 Å². The standard InChI is InChI=1S/C19H30O/c1-3-5-6-7-8-9-10-15-19(20)18-14-11-13-17(16-18)12-4-2/h11,13-14,16H,3-10,12,15H2,1-2H3. The van der Waals surface area contributed by atoms with Gasteiger partial charge < -0.3 is 0 Å². The van der Waals surface area contributed by atoms with E-state index in [0.29, 0.717) is 12.2 Å². The first kappa shape index (κ1) is 16.9. The first-order valence-electron chi connectivity index (χ1n) is 8.40. The Morgan fingerprint density at radius 2 is 1.60 bits per heavy atom. The van der Waals surface area contributed by atoms with Crippen molar-refractivity contribution in [1.29, 1.82) is 0 Å². The summed E-state index contributed by atoms with van der Waals surface area (Å²) in [5.74, 6) is 0.316. The Bertz CT molecular complexity index is 381. The smallest absolute Gasteiger partial charge is 0.162 e. The normalized spacial score (nSPS) is 10.7. The molecule has 0 unspecified atom stereocenters. The number of benzene rings is 1. The highest BCUT2D eigenvalue weighted by atomic mass is 16.1. The maximum absolute atomic E-state index is 12.1. The van der Waals surface area contributed by atoms with Crippen molar-refractivity contribution in [3.05, 3.63) is 35.4 Å². The van der Waals surface area contributed by atoms with Crippen LogP contribution < -0.4 is 0 Å². The zero-order valence-corrected chi connectivity index (χ0v) is 13.3. The predicted octanol–water partition coefficient (Wildman–Crippen LogP) is 5.96. The fourth-order valence-electron chi connectivity index (χ4n) is 2.58. The van der Waals surface area contributed by atoms with Crippen LogP contribution in [0.2, 0.25) is 0 Å². The monoisotopic (exact) mass is 274 g/mol. The third kappa shape index (κ3) is 6.88. The van der Waals surface area contributed by atoms with Crippen molar-refractivity contribution in [1.82, 2.24) is 0 Å². The van der Waals surface area contributed by atoms with Gasteiger partial charge in [0.1, 0.15) is 0 Å². The summed E-state index contributed by atoms with van der Waals surface area (Å²) in [6.45, 7) is 4.42. The van der Waals surface area contributed by atoms with E-state index in [1.807, 2.05) is 12.1 Å². The molecule has 0 amide bonds. The molecule has 1 rings (SSSR count). The second-order valence-electron chi connectivity index (χ2n) is 5.74. The van der Waals surface area contributed by atoms with Crippen LogP contribution >= 0.6 is 0 Å². The first-order chi connectivity index (χ1) is 9.77. The van der Waals surface area contributed by atoms with Crippen LogP contribution in [0.5, 0.6) is 0 Å². The minimum Gasteiger partial charge on any atom is -0.294 e. The van der Waals surface area contributed by atoms with E-state index in [1.165, 1.54) is 44.1 Å². The van der Waals surface area contributed by atoms with Crippen LogP contribution in [0.3, 0.4) is 0 Å². The van der Waals surface area contributed by atoms with E-state index in [0.717, 1.165) is 24.8 Å². The van der Waals surface area contributed by atoms with Gasteiger partial charge in [0.05, 0.1) is 0 Å². The summed E-state index contributed by atoms with van der Waals surface area (Å²) < 4.78 is 0. The Morgan fingerprint density at radius 1 is 0.900 bits per heavy atom. The van der Waals surface area contributed by atoms with Gasteiger partial charge in [-0.3, -0.25) is 4.79 Å². The van der Waals surface area contributed by atoms with Crippen LogP contribution in [0.25, 0.3) is 0 Å². The summed E-state index contributed by atoms with van der Waals surface area (Å²) in [6.07, 6.45) is 11.8. The molecule has 1 aromatic rings. The Hall–Kier alpha value is -1.11. The molecule has 0 N–H and O–H groups in total. The molecule has 0 atom stereocenters. The van der Waals surface area contributed by atoms with E-state index in [2.05, 4.69) is 26.0 Å². The highest BCUT2D eigenvalue weighted by Gasteiger charge is 2.06. The summed E-state index contributed by atoms with van der Waals surface area (Å²) in [5.41, 5.74) is 2.19. The minimum atomic E-state index is 0.316. The second kappa shape index (κ2) is 10.7. The van der Waals surface area contributed by atoms with E-state index in [4.69, 9.17) is 0 Å². The number of ketones is 1. The van der Waals surface area contributed by atoms with E-state index < -0.39 is 0 Å². The minimum absolute atomic E-state index is 0.316. The molecule has 0 aliphatic heterocycles. The number of rotatable bonds is 11. The molecular formula is C19H30O. The Morgan fingerprint density at radius 3 is 2.30 bits per heavy atom. The lowest BCUT2D eigenvalue weighted by Crippen LogP contribution is -2.00. The van der Waals surface area contributed by atoms with E-state index in [-0.39, 0.29) is 0 Å². The Labute approximate surface area is 124 Å². The third-order valence-electron chi connectivity index (χ3n) is 3.80. The van der Waals surface area contributed by atoms with Crippen molar-refractivity contribution in [2.24, 2.45) is 0 Å². The van der Waals surface area contributed by atoms with Gasteiger partial charge in [-0.15, -0.1) is 0 Å². The number of carbonyl (C=O) groups excluding carboxylic acids is 1. The van der Waals surface area contributed by atoms with Crippen LogP contribution in [0.4, 0.5) is 0 Å². The number of Topliss-reactive ketones (excluding diaryl/α,β-unsaturated/α-hetero) is 1. The lowest BCUT2D eigenvalue weighted by atomic mass is 10.0. The molecule has 0 radical (unpaired) electrons. The average Bonchev–Trinajstić information content (AvgIpc) is 2.47. The van der Waals surface area contributed by atoms with Crippen LogP contribution in [0.15, 0.2) is 24.3 Å². The molecule has 0 fully saturated rings. The summed E-state index contributed by atoms with van der Waals surface area (Å²) in [5, 5.41) is 0. The number of aryl methyl sites for hydroxylation is 1. The van der Waals surface area contributed by atoms with Gasteiger partial charge in [0.15, 0.2) is 5.78 Å². The first-order valence-corrected chi connectivity index (χ1v) is 8.40. The Balaban J connectivity index is 2.23. The summed E-state index contributed by atoms with van der Waals surface area (Å²) in [4.78, 5) is 12.1. The lowest BCUT2D eigenvalue weighted by Gasteiger charge is -2.04. The molecule has 1 nitrogen and oxygen atoms in total. The molecule has 0 aliphatic carbocycles. The SMILES string of the molecule is CCCCCCCCCC(=O)c1cccc(CCC)c1. The average molecular weight is 274 g/mol. The molecule has 1 aromatic carbocycles. The predicted molar refractivity (Wildman–Crippen MR) is 87.4 cm³/mol. The quantitative estimate of drug-likeness (QED) is 0.359. The van der Waals surface area contributed by atoms with Gasteiger partial charge in [0.2, 0.25) is 0 Å².